The molecule has 3 aliphatic rings. The van der Waals surface area contributed by atoms with Crippen LogP contribution in [0.25, 0.3) is 0 Å². The third kappa shape index (κ3) is 7.42. The van der Waals surface area contributed by atoms with Gasteiger partial charge < -0.3 is 19.6 Å². The fourth-order valence-corrected chi connectivity index (χ4v) is 6.22. The molecular weight excluding hydrogens is 444 g/mol. The molecule has 0 aromatic carbocycles. The number of allylic oxidation sites excluding steroid dienone is 2. The van der Waals surface area contributed by atoms with Crippen molar-refractivity contribution in [2.75, 3.05) is 6.54 Å². The highest BCUT2D eigenvalue weighted by atomic mass is 16.5. The number of carboxylic acids is 1. The van der Waals surface area contributed by atoms with E-state index in [9.17, 15) is 9.59 Å². The molecule has 7 heteroatoms. The Kier molecular flexibility index (Phi) is 9.81. The van der Waals surface area contributed by atoms with Crippen molar-refractivity contribution in [3.05, 3.63) is 30.0 Å². The van der Waals surface area contributed by atoms with Crippen molar-refractivity contribution in [3.8, 4) is 0 Å². The Morgan fingerprint density at radius 2 is 1.83 bits per heavy atom. The molecule has 7 nitrogen and oxygen atoms in total. The smallest absolute Gasteiger partial charge is 0.303 e. The number of fused-ring (bicyclic) bond motifs is 2. The molecule has 4 atom stereocenters. The van der Waals surface area contributed by atoms with Crippen molar-refractivity contribution in [2.45, 2.75) is 114 Å². The number of hydrogen-bond donors (Lipinski definition) is 2. The second-order valence-corrected chi connectivity index (χ2v) is 10.7. The van der Waals surface area contributed by atoms with Crippen LogP contribution in [0.3, 0.4) is 0 Å². The van der Waals surface area contributed by atoms with Crippen LogP contribution >= 0.6 is 0 Å². The summed E-state index contributed by atoms with van der Waals surface area (Å²) in [5.41, 5.74) is 0.343. The second-order valence-electron chi connectivity index (χ2n) is 10.7. The quantitative estimate of drug-likeness (QED) is 0.247. The van der Waals surface area contributed by atoms with Crippen molar-refractivity contribution in [1.29, 1.82) is 0 Å². The van der Waals surface area contributed by atoms with E-state index in [2.05, 4.69) is 16.4 Å². The molecule has 4 unspecified atom stereocenters. The maximum atomic E-state index is 12.6. The summed E-state index contributed by atoms with van der Waals surface area (Å²) in [6, 6.07) is 0. The molecule has 3 heterocycles. The minimum Gasteiger partial charge on any atom is -0.481 e. The first-order chi connectivity index (χ1) is 17.1. The van der Waals surface area contributed by atoms with E-state index in [0.29, 0.717) is 24.6 Å². The number of amides is 1. The van der Waals surface area contributed by atoms with Crippen LogP contribution < -0.4 is 5.32 Å². The van der Waals surface area contributed by atoms with Gasteiger partial charge in [0, 0.05) is 18.9 Å². The van der Waals surface area contributed by atoms with Gasteiger partial charge in [-0.25, -0.2) is 4.98 Å². The zero-order chi connectivity index (χ0) is 24.5. The van der Waals surface area contributed by atoms with Crippen LogP contribution in [0.4, 0.5) is 0 Å². The standard InChI is InChI=1S/C28H42N2O5/c31-25(32)15-9-4-8-14-21-23-16-17-24(35-23)26(21)28-30-22(19-34-28)27(33)29-18-10-2-1-5-11-20-12-6-3-7-13-20/h4,8,19-21,23-24,26H,1-3,5-7,9-18H2,(H,29,33)(H,31,32). The van der Waals surface area contributed by atoms with E-state index >= 15 is 0 Å². The van der Waals surface area contributed by atoms with Crippen molar-refractivity contribution < 1.29 is 23.8 Å². The highest BCUT2D eigenvalue weighted by molar-refractivity contribution is 5.91. The average molecular weight is 487 g/mol. The van der Waals surface area contributed by atoms with Crippen LogP contribution in [-0.2, 0) is 9.53 Å². The number of aliphatic carboxylic acids is 1. The molecule has 1 aromatic rings. The lowest BCUT2D eigenvalue weighted by atomic mass is 9.77. The number of ether oxygens (including phenoxy) is 1. The molecule has 2 aliphatic heterocycles. The highest BCUT2D eigenvalue weighted by Crippen LogP contribution is 2.50. The molecule has 2 N–H and O–H groups in total. The number of carbonyl (C=O) groups excluding carboxylic acids is 1. The Hall–Kier alpha value is -2.15. The highest BCUT2D eigenvalue weighted by Gasteiger charge is 2.51. The van der Waals surface area contributed by atoms with Crippen LogP contribution in [0.15, 0.2) is 22.8 Å². The molecule has 35 heavy (non-hydrogen) atoms. The van der Waals surface area contributed by atoms with Crippen LogP contribution in [-0.4, -0.2) is 40.7 Å². The SMILES string of the molecule is O=C(O)CCC=CCC1C2CCC(O2)C1c1nc(C(=O)NCCCCCCC2CCCCC2)co1. The van der Waals surface area contributed by atoms with Crippen molar-refractivity contribution >= 4 is 11.9 Å². The van der Waals surface area contributed by atoms with Gasteiger partial charge in [-0.15, -0.1) is 0 Å². The Balaban J connectivity index is 1.17. The molecule has 194 valence electrons. The van der Waals surface area contributed by atoms with Gasteiger partial charge in [-0.3, -0.25) is 9.59 Å². The Bertz CT molecular complexity index is 844. The van der Waals surface area contributed by atoms with Gasteiger partial charge in [0.15, 0.2) is 5.69 Å². The molecule has 0 radical (unpaired) electrons. The molecule has 0 spiro atoms. The Morgan fingerprint density at radius 3 is 2.66 bits per heavy atom. The molecule has 2 saturated heterocycles. The van der Waals surface area contributed by atoms with E-state index in [1.54, 1.807) is 0 Å². The number of nitrogens with one attached hydrogen (secondary N) is 1. The van der Waals surface area contributed by atoms with Gasteiger partial charge in [0.25, 0.3) is 5.91 Å². The molecule has 2 bridgehead atoms. The maximum Gasteiger partial charge on any atom is 0.303 e. The molecule has 1 aliphatic carbocycles. The topological polar surface area (TPSA) is 102 Å². The zero-order valence-corrected chi connectivity index (χ0v) is 21.0. The largest absolute Gasteiger partial charge is 0.481 e. The van der Waals surface area contributed by atoms with Crippen molar-refractivity contribution in [2.24, 2.45) is 11.8 Å². The number of aromatic nitrogens is 1. The number of oxazole rings is 1. The summed E-state index contributed by atoms with van der Waals surface area (Å²) < 4.78 is 11.9. The van der Waals surface area contributed by atoms with E-state index in [4.69, 9.17) is 14.3 Å². The lowest BCUT2D eigenvalue weighted by Crippen LogP contribution is -2.26. The first-order valence-corrected chi connectivity index (χ1v) is 13.9. The maximum absolute atomic E-state index is 12.6. The second kappa shape index (κ2) is 13.2. The van der Waals surface area contributed by atoms with Gasteiger partial charge in [0.1, 0.15) is 6.26 Å². The third-order valence-corrected chi connectivity index (χ3v) is 8.11. The summed E-state index contributed by atoms with van der Waals surface area (Å²) in [5, 5.41) is 11.8. The van der Waals surface area contributed by atoms with E-state index in [1.165, 1.54) is 57.6 Å². The molecule has 1 aromatic heterocycles. The summed E-state index contributed by atoms with van der Waals surface area (Å²) in [5.74, 6) is 0.890. The Morgan fingerprint density at radius 1 is 1.03 bits per heavy atom. The van der Waals surface area contributed by atoms with Crippen LogP contribution in [0.1, 0.15) is 119 Å². The first kappa shape index (κ1) is 25.9. The molecule has 1 amide bonds. The first-order valence-electron chi connectivity index (χ1n) is 13.9. The van der Waals surface area contributed by atoms with Crippen molar-refractivity contribution in [3.63, 3.8) is 0 Å². The summed E-state index contributed by atoms with van der Waals surface area (Å²) in [7, 11) is 0. The summed E-state index contributed by atoms with van der Waals surface area (Å²) >= 11 is 0. The van der Waals surface area contributed by atoms with E-state index in [-0.39, 0.29) is 36.4 Å². The summed E-state index contributed by atoms with van der Waals surface area (Å²) in [6.07, 6.45) is 22.4. The number of unbranched alkanes of at least 4 members (excludes halogenated alkanes) is 3. The van der Waals surface area contributed by atoms with Gasteiger partial charge in [0.05, 0.1) is 18.1 Å². The molecule has 4 rings (SSSR count). The predicted octanol–water partition coefficient (Wildman–Crippen LogP) is 6.01. The van der Waals surface area contributed by atoms with Gasteiger partial charge in [-0.05, 0) is 38.0 Å². The number of nitrogens with zero attached hydrogens (tertiary/aromatic N) is 1. The van der Waals surface area contributed by atoms with Crippen LogP contribution in [0, 0.1) is 11.8 Å². The molecular formula is C28H42N2O5. The lowest BCUT2D eigenvalue weighted by Gasteiger charge is -2.24. The zero-order valence-electron chi connectivity index (χ0n) is 21.0. The number of carboxylic acid groups (broad SMARTS) is 1. The third-order valence-electron chi connectivity index (χ3n) is 8.11. The van der Waals surface area contributed by atoms with Gasteiger partial charge >= 0.3 is 5.97 Å². The van der Waals surface area contributed by atoms with E-state index in [1.807, 2.05) is 6.08 Å². The van der Waals surface area contributed by atoms with Crippen LogP contribution in [0.5, 0.6) is 0 Å². The van der Waals surface area contributed by atoms with E-state index in [0.717, 1.165) is 38.0 Å². The minimum absolute atomic E-state index is 0.0450. The Labute approximate surface area is 209 Å². The van der Waals surface area contributed by atoms with Gasteiger partial charge in [0.2, 0.25) is 5.89 Å². The van der Waals surface area contributed by atoms with E-state index < -0.39 is 5.97 Å². The van der Waals surface area contributed by atoms with Gasteiger partial charge in [-0.2, -0.15) is 0 Å². The monoisotopic (exact) mass is 486 g/mol. The molecule has 3 fully saturated rings. The number of hydrogen-bond acceptors (Lipinski definition) is 5. The minimum atomic E-state index is -0.781. The molecule has 1 saturated carbocycles. The number of rotatable bonds is 14. The summed E-state index contributed by atoms with van der Waals surface area (Å²) in [4.78, 5) is 27.8. The average Bonchev–Trinajstić information content (AvgIpc) is 3.60. The summed E-state index contributed by atoms with van der Waals surface area (Å²) in [6.45, 7) is 0.672. The fourth-order valence-electron chi connectivity index (χ4n) is 6.22. The van der Waals surface area contributed by atoms with Crippen LogP contribution in [0.2, 0.25) is 0 Å². The normalized spacial score (nSPS) is 26.5. The lowest BCUT2D eigenvalue weighted by molar-refractivity contribution is -0.136. The van der Waals surface area contributed by atoms with Gasteiger partial charge in [-0.1, -0.05) is 69.9 Å². The predicted molar refractivity (Wildman–Crippen MR) is 133 cm³/mol. The number of carbonyl (C=O) groups is 2. The fraction of sp³-hybridized carbons (Fsp3) is 0.750. The van der Waals surface area contributed by atoms with Crippen molar-refractivity contribution in [1.82, 2.24) is 10.3 Å².